The lowest BCUT2D eigenvalue weighted by Crippen LogP contribution is -2.49. The van der Waals surface area contributed by atoms with E-state index in [-0.39, 0.29) is 12.2 Å². The molecule has 0 fully saturated rings. The van der Waals surface area contributed by atoms with Crippen LogP contribution in [0.5, 0.6) is 0 Å². The molecule has 0 aliphatic rings. The minimum Gasteiger partial charge on any atom is -0.480 e. The fraction of sp³-hybridized carbons (Fsp3) is 0.462. The summed E-state index contributed by atoms with van der Waals surface area (Å²) < 4.78 is 0.619. The molecule has 110 valence electrons. The van der Waals surface area contributed by atoms with E-state index in [4.69, 9.17) is 0 Å². The van der Waals surface area contributed by atoms with Gasteiger partial charge >= 0.3 is 5.97 Å². The Morgan fingerprint density at radius 3 is 2.55 bits per heavy atom. The van der Waals surface area contributed by atoms with Crippen molar-refractivity contribution in [2.75, 3.05) is 6.54 Å². The quantitative estimate of drug-likeness (QED) is 0.633. The Kier molecular flexibility index (Phi) is 5.24. The number of likely N-dealkylation sites (N-methyl/N-ethyl adjacent to an activating group) is 1. The summed E-state index contributed by atoms with van der Waals surface area (Å²) in [6, 6.07) is 4.78. The Balaban J connectivity index is 3.14. The predicted molar refractivity (Wildman–Crippen MR) is 78.6 cm³/mol. The first-order chi connectivity index (χ1) is 9.20. The van der Waals surface area contributed by atoms with Crippen LogP contribution in [0.2, 0.25) is 0 Å². The first-order valence-electron chi connectivity index (χ1n) is 6.11. The summed E-state index contributed by atoms with van der Waals surface area (Å²) in [6.07, 6.45) is 0. The number of nitro groups is 1. The molecule has 0 aliphatic heterocycles. The van der Waals surface area contributed by atoms with Gasteiger partial charge in [-0.2, -0.15) is 0 Å². The second-order valence-electron chi connectivity index (χ2n) is 4.91. The van der Waals surface area contributed by atoms with Crippen molar-refractivity contribution < 1.29 is 14.8 Å². The number of hydrogen-bond donors (Lipinski definition) is 1. The second-order valence-corrected chi connectivity index (χ2v) is 5.82. The van der Waals surface area contributed by atoms with Crippen LogP contribution in [0.4, 0.5) is 5.69 Å². The van der Waals surface area contributed by atoms with Gasteiger partial charge in [0.2, 0.25) is 0 Å². The number of hydrogen-bond acceptors (Lipinski definition) is 4. The lowest BCUT2D eigenvalue weighted by atomic mass is 10.0. The molecule has 1 N–H and O–H groups in total. The van der Waals surface area contributed by atoms with Crippen LogP contribution >= 0.6 is 15.9 Å². The van der Waals surface area contributed by atoms with Crippen LogP contribution in [-0.4, -0.2) is 33.0 Å². The van der Waals surface area contributed by atoms with Gasteiger partial charge in [0.25, 0.3) is 5.69 Å². The third kappa shape index (κ3) is 3.55. The summed E-state index contributed by atoms with van der Waals surface area (Å²) >= 11 is 3.20. The molecule has 0 heterocycles. The molecule has 0 radical (unpaired) electrons. The van der Waals surface area contributed by atoms with E-state index in [9.17, 15) is 20.0 Å². The third-order valence-corrected chi connectivity index (χ3v) is 3.79. The van der Waals surface area contributed by atoms with Crippen molar-refractivity contribution >= 4 is 27.6 Å². The SMILES string of the molecule is CCN(Cc1ccc(Br)cc1[N+](=O)[O-])C(C)(C)C(=O)O. The molecule has 0 amide bonds. The molecule has 0 spiro atoms. The topological polar surface area (TPSA) is 83.7 Å². The number of nitrogens with zero attached hydrogens (tertiary/aromatic N) is 2. The highest BCUT2D eigenvalue weighted by atomic mass is 79.9. The highest BCUT2D eigenvalue weighted by Gasteiger charge is 2.34. The number of benzene rings is 1. The average molecular weight is 345 g/mol. The molecule has 0 unspecified atom stereocenters. The Morgan fingerprint density at radius 2 is 2.10 bits per heavy atom. The Bertz CT molecular complexity index is 531. The van der Waals surface area contributed by atoms with Crippen LogP contribution in [0.25, 0.3) is 0 Å². The number of carboxylic acids is 1. The highest BCUT2D eigenvalue weighted by molar-refractivity contribution is 9.10. The Morgan fingerprint density at radius 1 is 1.50 bits per heavy atom. The van der Waals surface area contributed by atoms with Crippen LogP contribution in [0.1, 0.15) is 26.3 Å². The third-order valence-electron chi connectivity index (χ3n) is 3.30. The number of aliphatic carboxylic acids is 1. The van der Waals surface area contributed by atoms with E-state index >= 15 is 0 Å². The zero-order chi connectivity index (χ0) is 15.5. The second kappa shape index (κ2) is 6.32. The molecule has 0 atom stereocenters. The normalized spacial score (nSPS) is 11.7. The van der Waals surface area contributed by atoms with Gasteiger partial charge in [0.15, 0.2) is 0 Å². The summed E-state index contributed by atoms with van der Waals surface area (Å²) in [5, 5.41) is 20.3. The zero-order valence-corrected chi connectivity index (χ0v) is 13.2. The highest BCUT2D eigenvalue weighted by Crippen LogP contribution is 2.27. The number of rotatable bonds is 6. The molecule has 1 aromatic rings. The van der Waals surface area contributed by atoms with E-state index in [1.165, 1.54) is 6.07 Å². The molecule has 1 rings (SSSR count). The van der Waals surface area contributed by atoms with E-state index in [1.54, 1.807) is 30.9 Å². The van der Waals surface area contributed by atoms with Crippen molar-refractivity contribution in [3.8, 4) is 0 Å². The molecule has 7 heteroatoms. The number of halogens is 1. The van der Waals surface area contributed by atoms with Crippen molar-refractivity contribution in [1.29, 1.82) is 0 Å². The lowest BCUT2D eigenvalue weighted by Gasteiger charge is -2.34. The molecule has 0 aliphatic carbocycles. The maximum Gasteiger partial charge on any atom is 0.323 e. The van der Waals surface area contributed by atoms with E-state index in [0.29, 0.717) is 16.6 Å². The van der Waals surface area contributed by atoms with Crippen LogP contribution in [-0.2, 0) is 11.3 Å². The Hall–Kier alpha value is -1.47. The van der Waals surface area contributed by atoms with Gasteiger partial charge in [-0.25, -0.2) is 0 Å². The van der Waals surface area contributed by atoms with Crippen molar-refractivity contribution in [1.82, 2.24) is 4.90 Å². The maximum atomic E-state index is 11.3. The lowest BCUT2D eigenvalue weighted by molar-refractivity contribution is -0.385. The summed E-state index contributed by atoms with van der Waals surface area (Å²) in [7, 11) is 0. The van der Waals surface area contributed by atoms with Crippen molar-refractivity contribution in [2.45, 2.75) is 32.9 Å². The fourth-order valence-electron chi connectivity index (χ4n) is 1.89. The molecular formula is C13H17BrN2O4. The fourth-order valence-corrected chi connectivity index (χ4v) is 2.24. The predicted octanol–water partition coefficient (Wildman–Crippen LogP) is 3.04. The molecule has 0 bridgehead atoms. The summed E-state index contributed by atoms with van der Waals surface area (Å²) in [6.45, 7) is 5.69. The molecule has 0 saturated heterocycles. The molecular weight excluding hydrogens is 328 g/mol. The van der Waals surface area contributed by atoms with Gasteiger partial charge in [-0.05, 0) is 32.5 Å². The van der Waals surface area contributed by atoms with E-state index < -0.39 is 16.4 Å². The minimum absolute atomic E-state index is 0.0148. The van der Waals surface area contributed by atoms with Crippen LogP contribution in [0.15, 0.2) is 22.7 Å². The molecule has 1 aromatic carbocycles. The van der Waals surface area contributed by atoms with Gasteiger partial charge < -0.3 is 5.11 Å². The van der Waals surface area contributed by atoms with Gasteiger partial charge in [-0.15, -0.1) is 0 Å². The van der Waals surface area contributed by atoms with Gasteiger partial charge in [0.05, 0.1) is 4.92 Å². The first-order valence-corrected chi connectivity index (χ1v) is 6.90. The van der Waals surface area contributed by atoms with Gasteiger partial charge in [-0.3, -0.25) is 19.8 Å². The average Bonchev–Trinajstić information content (AvgIpc) is 2.36. The van der Waals surface area contributed by atoms with Gasteiger partial charge in [-0.1, -0.05) is 22.9 Å². The van der Waals surface area contributed by atoms with Crippen molar-refractivity contribution in [3.63, 3.8) is 0 Å². The molecule has 6 nitrogen and oxygen atoms in total. The minimum atomic E-state index is -1.09. The number of carboxylic acid groups (broad SMARTS) is 1. The summed E-state index contributed by atoms with van der Waals surface area (Å²) in [5.41, 5.74) is -0.608. The maximum absolute atomic E-state index is 11.3. The first kappa shape index (κ1) is 16.6. The summed E-state index contributed by atoms with van der Waals surface area (Å²) in [4.78, 5) is 23.6. The Labute approximate surface area is 125 Å². The molecule has 0 saturated carbocycles. The zero-order valence-electron chi connectivity index (χ0n) is 11.6. The standard InChI is InChI=1S/C13H17BrN2O4/c1-4-15(13(2,3)12(17)18)8-9-5-6-10(14)7-11(9)16(19)20/h5-7H,4,8H2,1-3H3,(H,17,18). The van der Waals surface area contributed by atoms with E-state index in [0.717, 1.165) is 0 Å². The van der Waals surface area contributed by atoms with Gasteiger partial charge in [0.1, 0.15) is 5.54 Å². The van der Waals surface area contributed by atoms with E-state index in [2.05, 4.69) is 15.9 Å². The monoisotopic (exact) mass is 344 g/mol. The van der Waals surface area contributed by atoms with Crippen molar-refractivity contribution in [2.24, 2.45) is 0 Å². The van der Waals surface area contributed by atoms with E-state index in [1.807, 2.05) is 6.92 Å². The number of carbonyl (C=O) groups is 1. The molecule has 0 aromatic heterocycles. The van der Waals surface area contributed by atoms with Crippen molar-refractivity contribution in [3.05, 3.63) is 38.3 Å². The number of nitro benzene ring substituents is 1. The van der Waals surface area contributed by atoms with Crippen LogP contribution < -0.4 is 0 Å². The smallest absolute Gasteiger partial charge is 0.323 e. The van der Waals surface area contributed by atoms with Crippen LogP contribution in [0.3, 0.4) is 0 Å². The largest absolute Gasteiger partial charge is 0.480 e. The summed E-state index contributed by atoms with van der Waals surface area (Å²) in [5.74, 6) is -0.959. The molecule has 20 heavy (non-hydrogen) atoms. The van der Waals surface area contributed by atoms with Crippen LogP contribution in [0, 0.1) is 10.1 Å². The van der Waals surface area contributed by atoms with Gasteiger partial charge in [0, 0.05) is 22.6 Å².